The molecule has 2 fully saturated rings. The van der Waals surface area contributed by atoms with Crippen molar-refractivity contribution >= 4 is 5.97 Å². The molecule has 3 N–H and O–H groups in total. The molecule has 2 aliphatic rings. The number of carbonyl (C=O) groups is 1. The number of hydrogen-bond acceptors (Lipinski definition) is 2. The van der Waals surface area contributed by atoms with Crippen LogP contribution in [-0.2, 0) is 4.79 Å². The van der Waals surface area contributed by atoms with Crippen molar-refractivity contribution < 1.29 is 9.90 Å². The first-order valence-electron chi connectivity index (χ1n) is 5.15. The number of carboxylic acids is 1. The van der Waals surface area contributed by atoms with Crippen LogP contribution < -0.4 is 5.73 Å². The van der Waals surface area contributed by atoms with Crippen molar-refractivity contribution in [2.75, 3.05) is 0 Å². The van der Waals surface area contributed by atoms with E-state index < -0.39 is 12.0 Å². The first-order valence-corrected chi connectivity index (χ1v) is 5.15. The summed E-state index contributed by atoms with van der Waals surface area (Å²) < 4.78 is 0. The van der Waals surface area contributed by atoms with Gasteiger partial charge in [0.25, 0.3) is 0 Å². The molecule has 0 radical (unpaired) electrons. The van der Waals surface area contributed by atoms with Crippen LogP contribution in [0, 0.1) is 17.8 Å². The second kappa shape index (κ2) is 3.29. The van der Waals surface area contributed by atoms with Crippen LogP contribution in [0.1, 0.15) is 32.1 Å². The van der Waals surface area contributed by atoms with E-state index in [1.165, 1.54) is 25.7 Å². The molecule has 0 aromatic rings. The van der Waals surface area contributed by atoms with E-state index in [0.717, 1.165) is 11.8 Å². The Morgan fingerprint density at radius 1 is 1.46 bits per heavy atom. The third-order valence-corrected chi connectivity index (χ3v) is 3.76. The number of carboxylic acid groups (broad SMARTS) is 1. The zero-order valence-electron chi connectivity index (χ0n) is 7.78. The molecule has 0 spiro atoms. The van der Waals surface area contributed by atoms with Gasteiger partial charge in [-0.05, 0) is 43.4 Å². The molecule has 0 aromatic heterocycles. The molecule has 0 saturated heterocycles. The van der Waals surface area contributed by atoms with Crippen LogP contribution in [-0.4, -0.2) is 17.1 Å². The molecular formula is C10H17NO2. The van der Waals surface area contributed by atoms with Crippen molar-refractivity contribution in [1.29, 1.82) is 0 Å². The second-order valence-electron chi connectivity index (χ2n) is 4.62. The lowest BCUT2D eigenvalue weighted by Gasteiger charge is -2.22. The SMILES string of the molecule is N[C@@H](C[C@@H]1CC2CCC1C2)C(=O)O. The maximum Gasteiger partial charge on any atom is 0.320 e. The van der Waals surface area contributed by atoms with Gasteiger partial charge in [-0.2, -0.15) is 0 Å². The Morgan fingerprint density at radius 3 is 2.69 bits per heavy atom. The highest BCUT2D eigenvalue weighted by molar-refractivity contribution is 5.73. The average Bonchev–Trinajstić information content (AvgIpc) is 2.64. The molecule has 0 amide bonds. The Balaban J connectivity index is 1.86. The largest absolute Gasteiger partial charge is 0.480 e. The zero-order valence-corrected chi connectivity index (χ0v) is 7.78. The van der Waals surface area contributed by atoms with Crippen molar-refractivity contribution in [3.05, 3.63) is 0 Å². The van der Waals surface area contributed by atoms with Gasteiger partial charge in [-0.1, -0.05) is 6.42 Å². The second-order valence-corrected chi connectivity index (χ2v) is 4.62. The summed E-state index contributed by atoms with van der Waals surface area (Å²) in [6.07, 6.45) is 5.92. The predicted molar refractivity (Wildman–Crippen MR) is 49.2 cm³/mol. The standard InChI is InChI=1S/C10H17NO2/c11-9(10(12)13)5-8-4-6-1-2-7(8)3-6/h6-9H,1-5,11H2,(H,12,13)/t6?,7?,8-,9-/m0/s1. The van der Waals surface area contributed by atoms with Crippen molar-refractivity contribution in [2.24, 2.45) is 23.5 Å². The number of fused-ring (bicyclic) bond motifs is 2. The fraction of sp³-hybridized carbons (Fsp3) is 0.900. The molecule has 13 heavy (non-hydrogen) atoms. The zero-order chi connectivity index (χ0) is 9.42. The van der Waals surface area contributed by atoms with Crippen LogP contribution in [0.25, 0.3) is 0 Å². The summed E-state index contributed by atoms with van der Waals surface area (Å²) in [5, 5.41) is 8.69. The van der Waals surface area contributed by atoms with Gasteiger partial charge in [-0.3, -0.25) is 4.79 Å². The number of aliphatic carboxylic acids is 1. The van der Waals surface area contributed by atoms with Crippen LogP contribution in [0.3, 0.4) is 0 Å². The number of hydrogen-bond donors (Lipinski definition) is 2. The van der Waals surface area contributed by atoms with Gasteiger partial charge in [0, 0.05) is 0 Å². The van der Waals surface area contributed by atoms with E-state index in [1.807, 2.05) is 0 Å². The number of nitrogens with two attached hydrogens (primary N) is 1. The lowest BCUT2D eigenvalue weighted by atomic mass is 9.84. The normalized spacial score (nSPS) is 39.3. The highest BCUT2D eigenvalue weighted by atomic mass is 16.4. The molecule has 4 atom stereocenters. The van der Waals surface area contributed by atoms with E-state index in [1.54, 1.807) is 0 Å². The fourth-order valence-electron chi connectivity index (χ4n) is 3.09. The van der Waals surface area contributed by atoms with E-state index >= 15 is 0 Å². The van der Waals surface area contributed by atoms with Crippen LogP contribution in [0.5, 0.6) is 0 Å². The summed E-state index contributed by atoms with van der Waals surface area (Å²) in [5.74, 6) is 1.43. The molecule has 2 bridgehead atoms. The highest BCUT2D eigenvalue weighted by Crippen LogP contribution is 2.49. The molecule has 0 aromatic carbocycles. The topological polar surface area (TPSA) is 63.3 Å². The minimum atomic E-state index is -0.845. The molecule has 3 heteroatoms. The lowest BCUT2D eigenvalue weighted by Crippen LogP contribution is -2.33. The summed E-state index contributed by atoms with van der Waals surface area (Å²) in [6, 6.07) is -0.635. The van der Waals surface area contributed by atoms with Crippen molar-refractivity contribution in [2.45, 2.75) is 38.1 Å². The summed E-state index contributed by atoms with van der Waals surface area (Å²) >= 11 is 0. The smallest absolute Gasteiger partial charge is 0.320 e. The summed E-state index contributed by atoms with van der Waals surface area (Å²) in [4.78, 5) is 10.6. The molecule has 3 nitrogen and oxygen atoms in total. The monoisotopic (exact) mass is 183 g/mol. The van der Waals surface area contributed by atoms with E-state index in [0.29, 0.717) is 12.3 Å². The minimum absolute atomic E-state index is 0.602. The van der Waals surface area contributed by atoms with Gasteiger partial charge in [0.15, 0.2) is 0 Å². The van der Waals surface area contributed by atoms with Gasteiger partial charge in [0.05, 0.1) is 0 Å². The summed E-state index contributed by atoms with van der Waals surface area (Å²) in [5.41, 5.74) is 5.53. The predicted octanol–water partition coefficient (Wildman–Crippen LogP) is 1.22. The average molecular weight is 183 g/mol. The van der Waals surface area contributed by atoms with E-state index in [-0.39, 0.29) is 0 Å². The first kappa shape index (κ1) is 9.00. The molecule has 74 valence electrons. The molecule has 0 heterocycles. The minimum Gasteiger partial charge on any atom is -0.480 e. The van der Waals surface area contributed by atoms with E-state index in [2.05, 4.69) is 0 Å². The Bertz CT molecular complexity index is 217. The molecule has 2 rings (SSSR count). The van der Waals surface area contributed by atoms with Gasteiger partial charge in [0.2, 0.25) is 0 Å². The van der Waals surface area contributed by atoms with E-state index in [9.17, 15) is 4.79 Å². The third-order valence-electron chi connectivity index (χ3n) is 3.76. The molecule has 2 saturated carbocycles. The Kier molecular flexibility index (Phi) is 2.28. The maximum absolute atomic E-state index is 10.6. The molecular weight excluding hydrogens is 166 g/mol. The lowest BCUT2D eigenvalue weighted by molar-refractivity contribution is -0.139. The van der Waals surface area contributed by atoms with Crippen molar-refractivity contribution in [3.63, 3.8) is 0 Å². The van der Waals surface area contributed by atoms with Gasteiger partial charge < -0.3 is 10.8 Å². The highest BCUT2D eigenvalue weighted by Gasteiger charge is 2.40. The van der Waals surface area contributed by atoms with Crippen LogP contribution in [0.2, 0.25) is 0 Å². The quantitative estimate of drug-likeness (QED) is 0.691. The van der Waals surface area contributed by atoms with Crippen LogP contribution in [0.15, 0.2) is 0 Å². The number of rotatable bonds is 3. The Morgan fingerprint density at radius 2 is 2.23 bits per heavy atom. The van der Waals surface area contributed by atoms with Crippen molar-refractivity contribution in [1.82, 2.24) is 0 Å². The van der Waals surface area contributed by atoms with Gasteiger partial charge >= 0.3 is 5.97 Å². The summed E-state index contributed by atoms with van der Waals surface area (Å²) in [7, 11) is 0. The van der Waals surface area contributed by atoms with Gasteiger partial charge in [0.1, 0.15) is 6.04 Å². The third kappa shape index (κ3) is 1.70. The molecule has 0 aliphatic heterocycles. The van der Waals surface area contributed by atoms with Gasteiger partial charge in [-0.15, -0.1) is 0 Å². The maximum atomic E-state index is 10.6. The van der Waals surface area contributed by atoms with Gasteiger partial charge in [-0.25, -0.2) is 0 Å². The van der Waals surface area contributed by atoms with E-state index in [4.69, 9.17) is 10.8 Å². The Labute approximate surface area is 78.3 Å². The van der Waals surface area contributed by atoms with Crippen LogP contribution in [0.4, 0.5) is 0 Å². The Hall–Kier alpha value is -0.570. The molecule has 2 unspecified atom stereocenters. The fourth-order valence-corrected chi connectivity index (χ4v) is 3.09. The van der Waals surface area contributed by atoms with Crippen LogP contribution >= 0.6 is 0 Å². The first-order chi connectivity index (χ1) is 6.16. The summed E-state index contributed by atoms with van der Waals surface area (Å²) in [6.45, 7) is 0. The van der Waals surface area contributed by atoms with Crippen molar-refractivity contribution in [3.8, 4) is 0 Å². The molecule has 2 aliphatic carbocycles.